The molecule has 1 aliphatic heterocycles. The molecule has 0 unspecified atom stereocenters. The second-order valence-electron chi connectivity index (χ2n) is 7.12. The van der Waals surface area contributed by atoms with Crippen LogP contribution in [0.2, 0.25) is 0 Å². The van der Waals surface area contributed by atoms with Gasteiger partial charge < -0.3 is 14.4 Å². The molecule has 2 heterocycles. The highest BCUT2D eigenvalue weighted by molar-refractivity contribution is 5.99. The Hall–Kier alpha value is -2.63. The molecule has 2 fully saturated rings. The Morgan fingerprint density at radius 2 is 2.08 bits per heavy atom. The summed E-state index contributed by atoms with van der Waals surface area (Å²) >= 11 is 0. The second-order valence-corrected chi connectivity index (χ2v) is 7.12. The summed E-state index contributed by atoms with van der Waals surface area (Å²) in [5.74, 6) is -1.30. The normalized spacial score (nSPS) is 25.3. The number of likely N-dealkylation sites (tertiary alicyclic amines) is 1. The van der Waals surface area contributed by atoms with Crippen LogP contribution in [-0.4, -0.2) is 35.0 Å². The number of hydrogen-bond donors (Lipinski definition) is 1. The summed E-state index contributed by atoms with van der Waals surface area (Å²) in [7, 11) is 0. The molecule has 0 bridgehead atoms. The smallest absolute Gasteiger partial charge is 0.349 e. The molecule has 0 spiro atoms. The first kappa shape index (κ1) is 15.9. The number of aliphatic carboxylic acids is 1. The fourth-order valence-electron chi connectivity index (χ4n) is 4.50. The summed E-state index contributed by atoms with van der Waals surface area (Å²) in [5.41, 5.74) is -0.484. The van der Waals surface area contributed by atoms with E-state index in [1.54, 1.807) is 19.1 Å². The van der Waals surface area contributed by atoms with Gasteiger partial charge in [-0.2, -0.15) is 0 Å². The molecule has 1 saturated heterocycles. The van der Waals surface area contributed by atoms with Gasteiger partial charge in [-0.25, -0.2) is 4.79 Å². The van der Waals surface area contributed by atoms with E-state index in [0.717, 1.165) is 18.2 Å². The molecule has 1 aromatic heterocycles. The lowest BCUT2D eigenvalue weighted by Gasteiger charge is -2.23. The van der Waals surface area contributed by atoms with E-state index in [1.165, 1.54) is 4.90 Å². The number of hydrogen-bond acceptors (Lipinski definition) is 4. The third kappa shape index (κ3) is 2.20. The van der Waals surface area contributed by atoms with Crippen molar-refractivity contribution < 1.29 is 19.1 Å². The van der Waals surface area contributed by atoms with Crippen molar-refractivity contribution in [1.82, 2.24) is 4.90 Å². The van der Waals surface area contributed by atoms with E-state index in [-0.39, 0.29) is 18.0 Å². The molecule has 1 N–H and O–H groups in total. The molecule has 1 saturated carbocycles. The van der Waals surface area contributed by atoms with Gasteiger partial charge in [0.05, 0.1) is 5.41 Å². The van der Waals surface area contributed by atoms with Crippen molar-refractivity contribution in [1.29, 1.82) is 0 Å². The molecule has 130 valence electrons. The quantitative estimate of drug-likeness (QED) is 0.848. The van der Waals surface area contributed by atoms with E-state index < -0.39 is 22.9 Å². The minimum absolute atomic E-state index is 0.0132. The van der Waals surface area contributed by atoms with Gasteiger partial charge in [-0.05, 0) is 37.3 Å². The molecule has 2 aromatic rings. The number of nitrogens with zero attached hydrogens (tertiary/aromatic N) is 1. The van der Waals surface area contributed by atoms with E-state index >= 15 is 0 Å². The topological polar surface area (TPSA) is 87.8 Å². The van der Waals surface area contributed by atoms with Gasteiger partial charge in [0.2, 0.25) is 0 Å². The molecule has 1 aliphatic carbocycles. The highest BCUT2D eigenvalue weighted by atomic mass is 16.4. The van der Waals surface area contributed by atoms with Crippen molar-refractivity contribution in [3.63, 3.8) is 0 Å². The Balaban J connectivity index is 1.74. The van der Waals surface area contributed by atoms with Crippen LogP contribution in [0.25, 0.3) is 11.0 Å². The van der Waals surface area contributed by atoms with Crippen LogP contribution in [0.15, 0.2) is 33.5 Å². The number of carbonyl (C=O) groups is 2. The Bertz CT molecular complexity index is 946. The molecular formula is C19H19NO5. The predicted molar refractivity (Wildman–Crippen MR) is 90.5 cm³/mol. The van der Waals surface area contributed by atoms with Crippen LogP contribution in [0.1, 0.15) is 35.2 Å². The predicted octanol–water partition coefficient (Wildman–Crippen LogP) is 2.43. The summed E-state index contributed by atoms with van der Waals surface area (Å²) in [6, 6.07) is 7.09. The standard InChI is InChI=1S/C19H19NO5/c1-11-13-6-2-3-7-14(13)25-17(22)15(11)16(21)20-9-12-5-4-8-19(12,10-20)18(23)24/h2-3,6-7,12H,4-5,8-10H2,1H3,(H,23,24)/t12-,19+/m0/s1. The highest BCUT2D eigenvalue weighted by Gasteiger charge is 2.56. The third-order valence-corrected chi connectivity index (χ3v) is 5.87. The largest absolute Gasteiger partial charge is 0.481 e. The minimum atomic E-state index is -0.861. The minimum Gasteiger partial charge on any atom is -0.481 e. The van der Waals surface area contributed by atoms with Gasteiger partial charge in [-0.1, -0.05) is 24.6 Å². The number of para-hydroxylation sites is 1. The highest BCUT2D eigenvalue weighted by Crippen LogP contribution is 2.49. The number of carboxylic acid groups (broad SMARTS) is 1. The number of rotatable bonds is 2. The maximum Gasteiger partial charge on any atom is 0.349 e. The number of aryl methyl sites for hydroxylation is 1. The van der Waals surface area contributed by atoms with Gasteiger partial charge in [-0.15, -0.1) is 0 Å². The van der Waals surface area contributed by atoms with Gasteiger partial charge in [-0.3, -0.25) is 9.59 Å². The molecular weight excluding hydrogens is 322 g/mol. The van der Waals surface area contributed by atoms with E-state index in [0.29, 0.717) is 24.1 Å². The molecule has 4 rings (SSSR count). The Kier molecular flexibility index (Phi) is 3.45. The lowest BCUT2D eigenvalue weighted by Crippen LogP contribution is -2.38. The number of fused-ring (bicyclic) bond motifs is 2. The SMILES string of the molecule is Cc1c(C(=O)N2C[C@@H]3CCC[C@@]3(C(=O)O)C2)c(=O)oc2ccccc12. The first-order valence-corrected chi connectivity index (χ1v) is 8.49. The van der Waals surface area contributed by atoms with E-state index in [2.05, 4.69) is 0 Å². The summed E-state index contributed by atoms with van der Waals surface area (Å²) in [6.07, 6.45) is 2.26. The Labute approximate surface area is 144 Å². The fourth-order valence-corrected chi connectivity index (χ4v) is 4.50. The van der Waals surface area contributed by atoms with Crippen LogP contribution in [0, 0.1) is 18.3 Å². The molecule has 6 nitrogen and oxygen atoms in total. The zero-order chi connectivity index (χ0) is 17.8. The molecule has 2 atom stereocenters. The van der Waals surface area contributed by atoms with Crippen molar-refractivity contribution >= 4 is 22.8 Å². The summed E-state index contributed by atoms with van der Waals surface area (Å²) in [4.78, 5) is 38.7. The van der Waals surface area contributed by atoms with E-state index in [9.17, 15) is 19.5 Å². The van der Waals surface area contributed by atoms with Crippen LogP contribution in [-0.2, 0) is 4.79 Å². The fraction of sp³-hybridized carbons (Fsp3) is 0.421. The third-order valence-electron chi connectivity index (χ3n) is 5.87. The number of carbonyl (C=O) groups excluding carboxylic acids is 1. The van der Waals surface area contributed by atoms with Crippen molar-refractivity contribution in [2.45, 2.75) is 26.2 Å². The van der Waals surface area contributed by atoms with Crippen LogP contribution >= 0.6 is 0 Å². The molecule has 1 aromatic carbocycles. The second kappa shape index (κ2) is 5.44. The van der Waals surface area contributed by atoms with Crippen molar-refractivity contribution in [3.05, 3.63) is 45.8 Å². The van der Waals surface area contributed by atoms with Gasteiger partial charge in [0.15, 0.2) is 0 Å². The summed E-state index contributed by atoms with van der Waals surface area (Å²) in [6.45, 7) is 2.28. The summed E-state index contributed by atoms with van der Waals surface area (Å²) < 4.78 is 5.30. The maximum absolute atomic E-state index is 13.0. The zero-order valence-electron chi connectivity index (χ0n) is 13.9. The zero-order valence-corrected chi connectivity index (χ0v) is 13.9. The molecule has 25 heavy (non-hydrogen) atoms. The average Bonchev–Trinajstić information content (AvgIpc) is 3.13. The van der Waals surface area contributed by atoms with Crippen molar-refractivity contribution in [2.24, 2.45) is 11.3 Å². The van der Waals surface area contributed by atoms with Crippen LogP contribution in [0.3, 0.4) is 0 Å². The van der Waals surface area contributed by atoms with Crippen LogP contribution < -0.4 is 5.63 Å². The summed E-state index contributed by atoms with van der Waals surface area (Å²) in [5, 5.41) is 10.4. The van der Waals surface area contributed by atoms with Gasteiger partial charge in [0.1, 0.15) is 11.1 Å². The van der Waals surface area contributed by atoms with Crippen molar-refractivity contribution in [2.75, 3.05) is 13.1 Å². The van der Waals surface area contributed by atoms with Gasteiger partial charge >= 0.3 is 11.6 Å². The van der Waals surface area contributed by atoms with E-state index in [4.69, 9.17) is 4.42 Å². The average molecular weight is 341 g/mol. The lowest BCUT2D eigenvalue weighted by atomic mass is 9.81. The monoisotopic (exact) mass is 341 g/mol. The van der Waals surface area contributed by atoms with E-state index in [1.807, 2.05) is 12.1 Å². The van der Waals surface area contributed by atoms with Gasteiger partial charge in [0.25, 0.3) is 5.91 Å². The number of carboxylic acids is 1. The van der Waals surface area contributed by atoms with Crippen molar-refractivity contribution in [3.8, 4) is 0 Å². The lowest BCUT2D eigenvalue weighted by molar-refractivity contribution is -0.149. The van der Waals surface area contributed by atoms with Gasteiger partial charge in [0, 0.05) is 18.5 Å². The first-order chi connectivity index (χ1) is 11.9. The van der Waals surface area contributed by atoms with Crippen LogP contribution in [0.5, 0.6) is 0 Å². The molecule has 0 radical (unpaired) electrons. The Morgan fingerprint density at radius 3 is 2.80 bits per heavy atom. The number of amides is 1. The van der Waals surface area contributed by atoms with Crippen LogP contribution in [0.4, 0.5) is 0 Å². The Morgan fingerprint density at radius 1 is 1.32 bits per heavy atom. The number of benzene rings is 1. The molecule has 1 amide bonds. The molecule has 6 heteroatoms. The molecule has 2 aliphatic rings. The maximum atomic E-state index is 13.0. The first-order valence-electron chi connectivity index (χ1n) is 8.49.